The molecule has 1 N–H and O–H groups in total. The molecule has 130 valence electrons. The normalized spacial score (nSPS) is 23.6. The van der Waals surface area contributed by atoms with Crippen LogP contribution in [0.1, 0.15) is 19.3 Å². The van der Waals surface area contributed by atoms with Crippen molar-refractivity contribution in [1.29, 1.82) is 0 Å². The minimum absolute atomic E-state index is 0.0275. The van der Waals surface area contributed by atoms with E-state index in [2.05, 4.69) is 5.32 Å². The molecule has 2 amide bonds. The molecule has 0 saturated carbocycles. The molecule has 1 aromatic carbocycles. The van der Waals surface area contributed by atoms with Gasteiger partial charge in [0, 0.05) is 32.7 Å². The van der Waals surface area contributed by atoms with Gasteiger partial charge >= 0.3 is 0 Å². The Kier molecular flexibility index (Phi) is 4.99. The average molecular weight is 336 g/mol. The predicted molar refractivity (Wildman–Crippen MR) is 85.2 cm³/mol. The Balaban J connectivity index is 1.66. The second-order valence-corrected chi connectivity index (χ2v) is 6.25. The first-order valence-electron chi connectivity index (χ1n) is 8.11. The van der Waals surface area contributed by atoms with Gasteiger partial charge in [-0.15, -0.1) is 0 Å². The van der Waals surface area contributed by atoms with E-state index >= 15 is 0 Å². The molecular weight excluding hydrogens is 315 g/mol. The molecule has 3 rings (SSSR count). The van der Waals surface area contributed by atoms with E-state index < -0.39 is 11.7 Å². The van der Waals surface area contributed by atoms with Crippen LogP contribution in [-0.2, 0) is 14.3 Å². The molecule has 7 heteroatoms. The van der Waals surface area contributed by atoms with Crippen LogP contribution in [0.2, 0.25) is 0 Å². The van der Waals surface area contributed by atoms with Crippen molar-refractivity contribution in [3.05, 3.63) is 24.0 Å². The molecule has 1 aromatic rings. The summed E-state index contributed by atoms with van der Waals surface area (Å²) in [5.74, 6) is -0.867. The zero-order valence-corrected chi connectivity index (χ0v) is 13.6. The Morgan fingerprint density at radius 3 is 3.00 bits per heavy atom. The monoisotopic (exact) mass is 336 g/mol. The van der Waals surface area contributed by atoms with Crippen LogP contribution >= 0.6 is 0 Å². The van der Waals surface area contributed by atoms with Crippen LogP contribution in [0.3, 0.4) is 0 Å². The highest BCUT2D eigenvalue weighted by molar-refractivity contribution is 5.98. The molecular formula is C17H21FN2O4. The number of ether oxygens (including phenoxy) is 2. The highest BCUT2D eigenvalue weighted by Crippen LogP contribution is 2.28. The lowest BCUT2D eigenvalue weighted by molar-refractivity contribution is -0.127. The third-order valence-electron chi connectivity index (χ3n) is 4.36. The van der Waals surface area contributed by atoms with E-state index in [9.17, 15) is 14.0 Å². The third kappa shape index (κ3) is 3.84. The van der Waals surface area contributed by atoms with Crippen LogP contribution in [0, 0.1) is 11.7 Å². The van der Waals surface area contributed by atoms with E-state index in [1.54, 1.807) is 7.05 Å². The second kappa shape index (κ2) is 7.17. The third-order valence-corrected chi connectivity index (χ3v) is 4.36. The number of nitrogens with one attached hydrogen (secondary N) is 1. The summed E-state index contributed by atoms with van der Waals surface area (Å²) in [5.41, 5.74) is 0.278. The van der Waals surface area contributed by atoms with Crippen LogP contribution in [0.25, 0.3) is 0 Å². The zero-order valence-electron chi connectivity index (χ0n) is 13.6. The summed E-state index contributed by atoms with van der Waals surface area (Å²) < 4.78 is 24.7. The van der Waals surface area contributed by atoms with Gasteiger partial charge in [-0.1, -0.05) is 0 Å². The molecule has 0 spiro atoms. The Labute approximate surface area is 139 Å². The van der Waals surface area contributed by atoms with Crippen molar-refractivity contribution in [2.24, 2.45) is 5.92 Å². The van der Waals surface area contributed by atoms with Crippen LogP contribution in [0.4, 0.5) is 10.1 Å². The van der Waals surface area contributed by atoms with E-state index in [1.165, 1.54) is 23.1 Å². The van der Waals surface area contributed by atoms with Crippen LogP contribution in [-0.4, -0.2) is 49.6 Å². The van der Waals surface area contributed by atoms with Crippen molar-refractivity contribution in [1.82, 2.24) is 4.90 Å². The van der Waals surface area contributed by atoms with Gasteiger partial charge in [-0.25, -0.2) is 4.39 Å². The number of rotatable bonds is 5. The first kappa shape index (κ1) is 16.7. The molecule has 2 aliphatic heterocycles. The fraction of sp³-hybridized carbons (Fsp3) is 0.529. The van der Waals surface area contributed by atoms with E-state index in [0.29, 0.717) is 18.9 Å². The SMILES string of the molecule is CN1C[C@H](C(=O)Nc2cc(F)ccc2OC[C@@H]2CCCO2)CC1=O. The largest absolute Gasteiger partial charge is 0.489 e. The van der Waals surface area contributed by atoms with Crippen LogP contribution in [0.5, 0.6) is 5.75 Å². The van der Waals surface area contributed by atoms with Crippen molar-refractivity contribution in [2.75, 3.05) is 32.1 Å². The van der Waals surface area contributed by atoms with Gasteiger partial charge in [0.25, 0.3) is 0 Å². The van der Waals surface area contributed by atoms with E-state index in [0.717, 1.165) is 19.4 Å². The molecule has 0 unspecified atom stereocenters. The molecule has 2 saturated heterocycles. The summed E-state index contributed by atoms with van der Waals surface area (Å²) in [4.78, 5) is 25.4. The predicted octanol–water partition coefficient (Wildman–Crippen LogP) is 1.80. The fourth-order valence-electron chi connectivity index (χ4n) is 2.96. The molecule has 24 heavy (non-hydrogen) atoms. The van der Waals surface area contributed by atoms with Gasteiger partial charge in [0.1, 0.15) is 18.2 Å². The van der Waals surface area contributed by atoms with E-state index in [4.69, 9.17) is 9.47 Å². The summed E-state index contributed by atoms with van der Waals surface area (Å²) in [5, 5.41) is 2.69. The Morgan fingerprint density at radius 1 is 1.50 bits per heavy atom. The number of hydrogen-bond donors (Lipinski definition) is 1. The van der Waals surface area contributed by atoms with Gasteiger partial charge in [-0.3, -0.25) is 9.59 Å². The summed E-state index contributed by atoms with van der Waals surface area (Å²) in [6, 6.07) is 4.00. The molecule has 0 aliphatic carbocycles. The van der Waals surface area contributed by atoms with Crippen LogP contribution < -0.4 is 10.1 Å². The Hall–Kier alpha value is -2.15. The quantitative estimate of drug-likeness (QED) is 0.890. The van der Waals surface area contributed by atoms with Gasteiger partial charge in [-0.05, 0) is 25.0 Å². The molecule has 0 bridgehead atoms. The molecule has 6 nitrogen and oxygen atoms in total. The van der Waals surface area contributed by atoms with Gasteiger partial charge in [0.05, 0.1) is 17.7 Å². The lowest BCUT2D eigenvalue weighted by atomic mass is 10.1. The summed E-state index contributed by atoms with van der Waals surface area (Å²) in [7, 11) is 1.66. The summed E-state index contributed by atoms with van der Waals surface area (Å²) >= 11 is 0. The fourth-order valence-corrected chi connectivity index (χ4v) is 2.96. The van der Waals surface area contributed by atoms with Gasteiger partial charge in [-0.2, -0.15) is 0 Å². The maximum Gasteiger partial charge on any atom is 0.229 e. The van der Waals surface area contributed by atoms with Gasteiger partial charge in [0.2, 0.25) is 11.8 Å². The van der Waals surface area contributed by atoms with Crippen LogP contribution in [0.15, 0.2) is 18.2 Å². The number of carbonyl (C=O) groups is 2. The van der Waals surface area contributed by atoms with Gasteiger partial charge < -0.3 is 19.7 Å². The highest BCUT2D eigenvalue weighted by atomic mass is 19.1. The van der Waals surface area contributed by atoms with Gasteiger partial charge in [0.15, 0.2) is 0 Å². The number of nitrogens with zero attached hydrogens (tertiary/aromatic N) is 1. The number of amides is 2. The Bertz CT molecular complexity index is 631. The van der Waals surface area contributed by atoms with Crippen molar-refractivity contribution in [3.8, 4) is 5.75 Å². The summed E-state index contributed by atoms with van der Waals surface area (Å²) in [6.07, 6.45) is 2.13. The molecule has 0 radical (unpaired) electrons. The molecule has 0 aromatic heterocycles. The number of carbonyl (C=O) groups excluding carboxylic acids is 2. The second-order valence-electron chi connectivity index (χ2n) is 6.25. The minimum Gasteiger partial charge on any atom is -0.489 e. The van der Waals surface area contributed by atoms with E-state index in [-0.39, 0.29) is 30.0 Å². The minimum atomic E-state index is -0.464. The number of halogens is 1. The van der Waals surface area contributed by atoms with Crippen molar-refractivity contribution < 1.29 is 23.5 Å². The maximum absolute atomic E-state index is 13.5. The molecule has 2 atom stereocenters. The summed E-state index contributed by atoms with van der Waals surface area (Å²) in [6.45, 7) is 1.45. The standard InChI is InChI=1S/C17H21FN2O4/c1-20-9-11(7-16(20)21)17(22)19-14-8-12(18)4-5-15(14)24-10-13-3-2-6-23-13/h4-5,8,11,13H,2-3,6-7,9-10H2,1H3,(H,19,22)/t11-,13+/m1/s1. The first-order valence-corrected chi connectivity index (χ1v) is 8.11. The smallest absolute Gasteiger partial charge is 0.229 e. The molecule has 2 fully saturated rings. The number of benzene rings is 1. The lowest BCUT2D eigenvalue weighted by Crippen LogP contribution is -2.26. The number of hydrogen-bond acceptors (Lipinski definition) is 4. The molecule has 2 heterocycles. The highest BCUT2D eigenvalue weighted by Gasteiger charge is 2.32. The maximum atomic E-state index is 13.5. The van der Waals surface area contributed by atoms with Crippen molar-refractivity contribution in [2.45, 2.75) is 25.4 Å². The zero-order chi connectivity index (χ0) is 17.1. The Morgan fingerprint density at radius 2 is 2.33 bits per heavy atom. The van der Waals surface area contributed by atoms with Crippen molar-refractivity contribution >= 4 is 17.5 Å². The van der Waals surface area contributed by atoms with Crippen molar-refractivity contribution in [3.63, 3.8) is 0 Å². The molecule has 2 aliphatic rings. The first-order chi connectivity index (χ1) is 11.5. The van der Waals surface area contributed by atoms with E-state index in [1.807, 2.05) is 0 Å². The lowest BCUT2D eigenvalue weighted by Gasteiger charge is -2.16. The average Bonchev–Trinajstić information content (AvgIpc) is 3.17. The topological polar surface area (TPSA) is 67.9 Å². The number of anilines is 1. The number of likely N-dealkylation sites (tertiary alicyclic amines) is 1.